The number of sulfone groups is 1. The van der Waals surface area contributed by atoms with Gasteiger partial charge in [-0.3, -0.25) is 0 Å². The van der Waals surface area contributed by atoms with Crippen molar-refractivity contribution >= 4 is 21.2 Å². The first-order valence-corrected chi connectivity index (χ1v) is 8.65. The lowest BCUT2D eigenvalue weighted by molar-refractivity contribution is 0.598. The van der Waals surface area contributed by atoms with Crippen LogP contribution in [0.3, 0.4) is 0 Å². The Morgan fingerprint density at radius 2 is 1.95 bits per heavy atom. The van der Waals surface area contributed by atoms with Gasteiger partial charge in [0.15, 0.2) is 14.9 Å². The van der Waals surface area contributed by atoms with Crippen molar-refractivity contribution < 1.29 is 8.42 Å². The Balaban J connectivity index is 1.78. The van der Waals surface area contributed by atoms with Crippen LogP contribution in [0.25, 0.3) is 5.65 Å². The molecule has 0 aromatic carbocycles. The third-order valence-electron chi connectivity index (χ3n) is 3.32. The molecular formula is C15H16N4O2S. The molecular weight excluding hydrogens is 300 g/mol. The molecule has 22 heavy (non-hydrogen) atoms. The van der Waals surface area contributed by atoms with Crippen molar-refractivity contribution in [1.29, 1.82) is 0 Å². The highest BCUT2D eigenvalue weighted by Gasteiger charge is 2.08. The molecule has 7 heteroatoms. The summed E-state index contributed by atoms with van der Waals surface area (Å²) in [5.41, 5.74) is 3.83. The van der Waals surface area contributed by atoms with Crippen LogP contribution in [-0.2, 0) is 16.4 Å². The van der Waals surface area contributed by atoms with Gasteiger partial charge < -0.3 is 9.72 Å². The number of hydrogen-bond donors (Lipinski definition) is 1. The van der Waals surface area contributed by atoms with Crippen LogP contribution >= 0.6 is 0 Å². The van der Waals surface area contributed by atoms with Crippen molar-refractivity contribution in [2.45, 2.75) is 18.5 Å². The largest absolute Gasteiger partial charge is 0.378 e. The maximum Gasteiger partial charge on any atom is 0.192 e. The van der Waals surface area contributed by atoms with Gasteiger partial charge in [-0.15, -0.1) is 0 Å². The van der Waals surface area contributed by atoms with E-state index in [1.807, 2.05) is 35.9 Å². The second kappa shape index (κ2) is 5.42. The average molecular weight is 316 g/mol. The van der Waals surface area contributed by atoms with Gasteiger partial charge in [0.2, 0.25) is 0 Å². The van der Waals surface area contributed by atoms with Gasteiger partial charge in [0.05, 0.1) is 30.3 Å². The maximum absolute atomic E-state index is 11.4. The molecule has 0 unspecified atom stereocenters. The summed E-state index contributed by atoms with van der Waals surface area (Å²) < 4.78 is 24.8. The topological polar surface area (TPSA) is 76.4 Å². The van der Waals surface area contributed by atoms with E-state index < -0.39 is 9.84 Å². The predicted molar refractivity (Wildman–Crippen MR) is 84.6 cm³/mol. The van der Waals surface area contributed by atoms with Gasteiger partial charge >= 0.3 is 0 Å². The van der Waals surface area contributed by atoms with Crippen LogP contribution in [0.4, 0.5) is 5.69 Å². The normalized spacial score (nSPS) is 11.7. The van der Waals surface area contributed by atoms with E-state index in [0.717, 1.165) is 28.8 Å². The summed E-state index contributed by atoms with van der Waals surface area (Å²) in [6.07, 6.45) is 6.51. The zero-order valence-electron chi connectivity index (χ0n) is 12.3. The minimum absolute atomic E-state index is 0.0727. The molecule has 3 heterocycles. The van der Waals surface area contributed by atoms with Gasteiger partial charge in [-0.2, -0.15) is 0 Å². The molecule has 0 bridgehead atoms. The number of nitrogens with one attached hydrogen (secondary N) is 1. The molecule has 3 aromatic heterocycles. The highest BCUT2D eigenvalue weighted by atomic mass is 32.2. The third-order valence-corrected chi connectivity index (χ3v) is 4.32. The van der Waals surface area contributed by atoms with Gasteiger partial charge in [-0.25, -0.2) is 18.4 Å². The van der Waals surface area contributed by atoms with E-state index in [0.29, 0.717) is 6.54 Å². The Hall–Kier alpha value is -2.41. The van der Waals surface area contributed by atoms with E-state index in [2.05, 4.69) is 15.3 Å². The molecule has 0 atom stereocenters. The quantitative estimate of drug-likeness (QED) is 0.797. The number of pyridine rings is 2. The Kier molecular flexibility index (Phi) is 3.58. The smallest absolute Gasteiger partial charge is 0.192 e. The highest BCUT2D eigenvalue weighted by molar-refractivity contribution is 7.90. The fourth-order valence-electron chi connectivity index (χ4n) is 2.16. The maximum atomic E-state index is 11.4. The van der Waals surface area contributed by atoms with Gasteiger partial charge in [0.1, 0.15) is 5.65 Å². The van der Waals surface area contributed by atoms with Crippen molar-refractivity contribution in [1.82, 2.24) is 14.4 Å². The Labute approximate surface area is 128 Å². The van der Waals surface area contributed by atoms with Gasteiger partial charge in [0, 0.05) is 12.5 Å². The second-order valence-corrected chi connectivity index (χ2v) is 7.16. The number of fused-ring (bicyclic) bond motifs is 1. The molecule has 0 amide bonds. The summed E-state index contributed by atoms with van der Waals surface area (Å²) in [6.45, 7) is 2.61. The molecule has 0 aliphatic heterocycles. The number of imidazole rings is 1. The van der Waals surface area contributed by atoms with Gasteiger partial charge in [0.25, 0.3) is 0 Å². The number of anilines is 1. The summed E-state index contributed by atoms with van der Waals surface area (Å²) in [4.78, 5) is 8.30. The molecule has 114 valence electrons. The Morgan fingerprint density at radius 3 is 2.64 bits per heavy atom. The van der Waals surface area contributed by atoms with Crippen LogP contribution in [-0.4, -0.2) is 29.0 Å². The predicted octanol–water partition coefficient (Wildman–Crippen LogP) is 2.05. The van der Waals surface area contributed by atoms with Crippen LogP contribution in [0.15, 0.2) is 47.9 Å². The molecule has 0 saturated carbocycles. The zero-order valence-corrected chi connectivity index (χ0v) is 13.1. The molecule has 0 aliphatic carbocycles. The van der Waals surface area contributed by atoms with E-state index in [9.17, 15) is 8.42 Å². The van der Waals surface area contributed by atoms with E-state index in [-0.39, 0.29) is 5.03 Å². The van der Waals surface area contributed by atoms with Crippen molar-refractivity contribution in [2.75, 3.05) is 11.6 Å². The van der Waals surface area contributed by atoms with Crippen LogP contribution in [0, 0.1) is 6.92 Å². The summed E-state index contributed by atoms with van der Waals surface area (Å²) in [6, 6.07) is 7.20. The van der Waals surface area contributed by atoms with Crippen molar-refractivity contribution in [3.05, 3.63) is 54.1 Å². The van der Waals surface area contributed by atoms with E-state index in [1.165, 1.54) is 12.3 Å². The highest BCUT2D eigenvalue weighted by Crippen LogP contribution is 2.13. The number of nitrogens with zero attached hydrogens (tertiary/aromatic N) is 3. The lowest BCUT2D eigenvalue weighted by Gasteiger charge is -2.07. The van der Waals surface area contributed by atoms with E-state index in [1.54, 1.807) is 6.07 Å². The van der Waals surface area contributed by atoms with Crippen LogP contribution in [0.5, 0.6) is 0 Å². The zero-order chi connectivity index (χ0) is 15.7. The molecule has 1 N–H and O–H groups in total. The van der Waals surface area contributed by atoms with Gasteiger partial charge in [-0.05, 0) is 30.7 Å². The summed E-state index contributed by atoms with van der Waals surface area (Å²) in [5, 5.41) is 3.29. The molecule has 0 saturated heterocycles. The van der Waals surface area contributed by atoms with E-state index in [4.69, 9.17) is 0 Å². The summed E-state index contributed by atoms with van der Waals surface area (Å²) in [5.74, 6) is 0. The molecule has 6 nitrogen and oxygen atoms in total. The standard InChI is InChI=1S/C15H16N4O2S/c1-11-3-5-14-17-9-13(19(14)10-11)8-16-12-4-6-15(18-7-12)22(2,20)21/h3-7,9-10,16H,8H2,1-2H3. The Morgan fingerprint density at radius 1 is 1.14 bits per heavy atom. The minimum atomic E-state index is -3.26. The SMILES string of the molecule is Cc1ccc2ncc(CNc3ccc(S(C)(=O)=O)nc3)n2c1. The molecule has 0 aliphatic rings. The van der Waals surface area contributed by atoms with Crippen LogP contribution in [0.2, 0.25) is 0 Å². The van der Waals surface area contributed by atoms with E-state index >= 15 is 0 Å². The van der Waals surface area contributed by atoms with Gasteiger partial charge in [-0.1, -0.05) is 6.07 Å². The van der Waals surface area contributed by atoms with Crippen molar-refractivity contribution in [3.8, 4) is 0 Å². The Bertz CT molecular complexity index is 914. The monoisotopic (exact) mass is 316 g/mol. The summed E-state index contributed by atoms with van der Waals surface area (Å²) in [7, 11) is -3.26. The van der Waals surface area contributed by atoms with Crippen LogP contribution < -0.4 is 5.32 Å². The number of hydrogen-bond acceptors (Lipinski definition) is 5. The number of aryl methyl sites for hydroxylation is 1. The second-order valence-electron chi connectivity index (χ2n) is 5.20. The van der Waals surface area contributed by atoms with Crippen molar-refractivity contribution in [3.63, 3.8) is 0 Å². The fourth-order valence-corrected chi connectivity index (χ4v) is 2.72. The first-order chi connectivity index (χ1) is 10.4. The minimum Gasteiger partial charge on any atom is -0.378 e. The lowest BCUT2D eigenvalue weighted by atomic mass is 10.3. The third kappa shape index (κ3) is 2.94. The molecule has 0 radical (unpaired) electrons. The van der Waals surface area contributed by atoms with Crippen LogP contribution in [0.1, 0.15) is 11.3 Å². The molecule has 3 rings (SSSR count). The first-order valence-electron chi connectivity index (χ1n) is 6.76. The van der Waals surface area contributed by atoms with Crippen molar-refractivity contribution in [2.24, 2.45) is 0 Å². The fraction of sp³-hybridized carbons (Fsp3) is 0.200. The average Bonchev–Trinajstić information content (AvgIpc) is 2.87. The lowest BCUT2D eigenvalue weighted by Crippen LogP contribution is -2.05. The number of rotatable bonds is 4. The molecule has 0 spiro atoms. The molecule has 0 fully saturated rings. The molecule has 3 aromatic rings. The first kappa shape index (κ1) is 14.5. The number of aromatic nitrogens is 3. The summed E-state index contributed by atoms with van der Waals surface area (Å²) >= 11 is 0.